The lowest BCUT2D eigenvalue weighted by Crippen LogP contribution is -2.19. The molecule has 0 amide bonds. The van der Waals surface area contributed by atoms with Gasteiger partial charge in [-0.1, -0.05) is 22.0 Å². The SMILES string of the molecule is CNC(Cc1ccoc1)c1ccc(Br)cc1C. The minimum Gasteiger partial charge on any atom is -0.472 e. The van der Waals surface area contributed by atoms with Gasteiger partial charge in [0.1, 0.15) is 0 Å². The summed E-state index contributed by atoms with van der Waals surface area (Å²) in [7, 11) is 1.99. The normalized spacial score (nSPS) is 12.6. The second-order valence-electron chi connectivity index (χ2n) is 4.18. The monoisotopic (exact) mass is 293 g/mol. The predicted octanol–water partition coefficient (Wildman–Crippen LogP) is 3.85. The Hall–Kier alpha value is -1.06. The topological polar surface area (TPSA) is 25.2 Å². The molecule has 0 saturated heterocycles. The molecule has 1 heterocycles. The van der Waals surface area contributed by atoms with Gasteiger partial charge in [-0.15, -0.1) is 0 Å². The van der Waals surface area contributed by atoms with Crippen LogP contribution in [0.15, 0.2) is 45.7 Å². The zero-order valence-corrected chi connectivity index (χ0v) is 11.6. The van der Waals surface area contributed by atoms with Crippen molar-refractivity contribution in [3.63, 3.8) is 0 Å². The molecule has 2 nitrogen and oxygen atoms in total. The molecular weight excluding hydrogens is 278 g/mol. The molecule has 0 aliphatic heterocycles. The number of hydrogen-bond donors (Lipinski definition) is 1. The fraction of sp³-hybridized carbons (Fsp3) is 0.286. The molecule has 0 spiro atoms. The van der Waals surface area contributed by atoms with E-state index in [2.05, 4.69) is 46.4 Å². The quantitative estimate of drug-likeness (QED) is 0.926. The van der Waals surface area contributed by atoms with Crippen LogP contribution in [0, 0.1) is 6.92 Å². The highest BCUT2D eigenvalue weighted by Gasteiger charge is 2.13. The van der Waals surface area contributed by atoms with Crippen molar-refractivity contribution in [2.45, 2.75) is 19.4 Å². The third-order valence-corrected chi connectivity index (χ3v) is 3.47. The molecule has 0 aliphatic carbocycles. The Morgan fingerprint density at radius 1 is 1.35 bits per heavy atom. The minimum atomic E-state index is 0.320. The molecule has 0 bridgehead atoms. The summed E-state index contributed by atoms with van der Waals surface area (Å²) in [6.45, 7) is 2.14. The Kier molecular flexibility index (Phi) is 4.02. The van der Waals surface area contributed by atoms with Crippen molar-refractivity contribution in [1.82, 2.24) is 5.32 Å². The molecule has 3 heteroatoms. The molecule has 1 aromatic carbocycles. The summed E-state index contributed by atoms with van der Waals surface area (Å²) >= 11 is 3.49. The number of rotatable bonds is 4. The maximum atomic E-state index is 5.11. The molecular formula is C14H16BrNO. The van der Waals surface area contributed by atoms with Gasteiger partial charge in [0.15, 0.2) is 0 Å². The van der Waals surface area contributed by atoms with Crippen LogP contribution in [0.4, 0.5) is 0 Å². The van der Waals surface area contributed by atoms with Crippen LogP contribution in [-0.4, -0.2) is 7.05 Å². The highest BCUT2D eigenvalue weighted by atomic mass is 79.9. The van der Waals surface area contributed by atoms with Crippen molar-refractivity contribution in [3.05, 3.63) is 58.0 Å². The maximum Gasteiger partial charge on any atom is 0.0935 e. The number of likely N-dealkylation sites (N-methyl/N-ethyl adjacent to an activating group) is 1. The lowest BCUT2D eigenvalue weighted by Gasteiger charge is -2.18. The summed E-state index contributed by atoms with van der Waals surface area (Å²) < 4.78 is 6.23. The van der Waals surface area contributed by atoms with E-state index in [0.717, 1.165) is 10.9 Å². The zero-order valence-electron chi connectivity index (χ0n) is 10.0. The number of benzene rings is 1. The summed E-state index contributed by atoms with van der Waals surface area (Å²) in [5, 5.41) is 3.36. The number of furan rings is 1. The van der Waals surface area contributed by atoms with Crippen molar-refractivity contribution in [3.8, 4) is 0 Å². The van der Waals surface area contributed by atoms with Gasteiger partial charge in [0.2, 0.25) is 0 Å². The largest absolute Gasteiger partial charge is 0.472 e. The molecule has 90 valence electrons. The van der Waals surface area contributed by atoms with Gasteiger partial charge in [-0.3, -0.25) is 0 Å². The third-order valence-electron chi connectivity index (χ3n) is 2.98. The summed E-state index contributed by atoms with van der Waals surface area (Å²) in [6, 6.07) is 8.73. The molecule has 2 rings (SSSR count). The molecule has 0 aliphatic rings. The second-order valence-corrected chi connectivity index (χ2v) is 5.09. The number of nitrogens with one attached hydrogen (secondary N) is 1. The standard InChI is InChI=1S/C14H16BrNO/c1-10-7-12(15)3-4-13(10)14(16-2)8-11-5-6-17-9-11/h3-7,9,14,16H,8H2,1-2H3. The summed E-state index contributed by atoms with van der Waals surface area (Å²) in [4.78, 5) is 0. The van der Waals surface area contributed by atoms with Crippen LogP contribution in [0.1, 0.15) is 22.7 Å². The van der Waals surface area contributed by atoms with Crippen LogP contribution in [-0.2, 0) is 6.42 Å². The van der Waals surface area contributed by atoms with Gasteiger partial charge in [-0.05, 0) is 55.3 Å². The number of halogens is 1. The maximum absolute atomic E-state index is 5.11. The Bertz CT molecular complexity index is 479. The molecule has 1 N–H and O–H groups in total. The van der Waals surface area contributed by atoms with E-state index in [1.165, 1.54) is 16.7 Å². The fourth-order valence-corrected chi connectivity index (χ4v) is 2.52. The van der Waals surface area contributed by atoms with Gasteiger partial charge >= 0.3 is 0 Å². The second kappa shape index (κ2) is 5.52. The van der Waals surface area contributed by atoms with E-state index in [1.807, 2.05) is 13.1 Å². The third kappa shape index (κ3) is 2.99. The van der Waals surface area contributed by atoms with E-state index in [4.69, 9.17) is 4.42 Å². The van der Waals surface area contributed by atoms with Gasteiger partial charge in [-0.2, -0.15) is 0 Å². The van der Waals surface area contributed by atoms with Crippen molar-refractivity contribution >= 4 is 15.9 Å². The Morgan fingerprint density at radius 3 is 2.76 bits per heavy atom. The van der Waals surface area contributed by atoms with Gasteiger partial charge < -0.3 is 9.73 Å². The minimum absolute atomic E-state index is 0.320. The van der Waals surface area contributed by atoms with E-state index in [9.17, 15) is 0 Å². The molecule has 0 saturated carbocycles. The lowest BCUT2D eigenvalue weighted by molar-refractivity contribution is 0.551. The summed E-state index contributed by atoms with van der Waals surface area (Å²) in [6.07, 6.45) is 4.46. The first-order chi connectivity index (χ1) is 8.20. The average Bonchev–Trinajstić information content (AvgIpc) is 2.79. The lowest BCUT2D eigenvalue weighted by atomic mass is 9.97. The first kappa shape index (κ1) is 12.4. The molecule has 0 fully saturated rings. The Balaban J connectivity index is 2.23. The van der Waals surface area contributed by atoms with E-state index >= 15 is 0 Å². The van der Waals surface area contributed by atoms with Gasteiger partial charge in [0.05, 0.1) is 12.5 Å². The van der Waals surface area contributed by atoms with E-state index < -0.39 is 0 Å². The van der Waals surface area contributed by atoms with Gasteiger partial charge in [-0.25, -0.2) is 0 Å². The number of hydrogen-bond acceptors (Lipinski definition) is 2. The van der Waals surface area contributed by atoms with E-state index in [0.29, 0.717) is 6.04 Å². The summed E-state index contributed by atoms with van der Waals surface area (Å²) in [5.74, 6) is 0. The predicted molar refractivity (Wildman–Crippen MR) is 73.1 cm³/mol. The zero-order chi connectivity index (χ0) is 12.3. The van der Waals surface area contributed by atoms with E-state index in [-0.39, 0.29) is 0 Å². The van der Waals surface area contributed by atoms with Gasteiger partial charge in [0.25, 0.3) is 0 Å². The van der Waals surface area contributed by atoms with Crippen molar-refractivity contribution in [2.24, 2.45) is 0 Å². The van der Waals surface area contributed by atoms with Crippen molar-refractivity contribution < 1.29 is 4.42 Å². The van der Waals surface area contributed by atoms with Crippen LogP contribution < -0.4 is 5.32 Å². The summed E-state index contributed by atoms with van der Waals surface area (Å²) in [5.41, 5.74) is 3.84. The molecule has 0 radical (unpaired) electrons. The van der Waals surface area contributed by atoms with Crippen LogP contribution in [0.25, 0.3) is 0 Å². The van der Waals surface area contributed by atoms with Crippen LogP contribution in [0.2, 0.25) is 0 Å². The highest BCUT2D eigenvalue weighted by molar-refractivity contribution is 9.10. The van der Waals surface area contributed by atoms with Crippen molar-refractivity contribution in [2.75, 3.05) is 7.05 Å². The first-order valence-electron chi connectivity index (χ1n) is 5.65. The van der Waals surface area contributed by atoms with Crippen LogP contribution in [0.3, 0.4) is 0 Å². The molecule has 2 aromatic rings. The number of aryl methyl sites for hydroxylation is 1. The van der Waals surface area contributed by atoms with Gasteiger partial charge in [0, 0.05) is 10.5 Å². The van der Waals surface area contributed by atoms with Crippen LogP contribution in [0.5, 0.6) is 0 Å². The Morgan fingerprint density at radius 2 is 2.18 bits per heavy atom. The highest BCUT2D eigenvalue weighted by Crippen LogP contribution is 2.24. The Labute approximate surface area is 110 Å². The molecule has 1 aromatic heterocycles. The molecule has 17 heavy (non-hydrogen) atoms. The molecule has 1 atom stereocenters. The smallest absolute Gasteiger partial charge is 0.0935 e. The fourth-order valence-electron chi connectivity index (χ4n) is 2.04. The average molecular weight is 294 g/mol. The molecule has 1 unspecified atom stereocenters. The first-order valence-corrected chi connectivity index (χ1v) is 6.44. The van der Waals surface area contributed by atoms with Crippen molar-refractivity contribution in [1.29, 1.82) is 0 Å². The van der Waals surface area contributed by atoms with E-state index in [1.54, 1.807) is 12.5 Å². The van der Waals surface area contributed by atoms with Crippen LogP contribution >= 0.6 is 15.9 Å².